The summed E-state index contributed by atoms with van der Waals surface area (Å²) in [6.45, 7) is 9.75. The van der Waals surface area contributed by atoms with Gasteiger partial charge in [-0.05, 0) is 56.8 Å². The summed E-state index contributed by atoms with van der Waals surface area (Å²) < 4.78 is 0. The number of nitrogens with one attached hydrogen (secondary N) is 1. The summed E-state index contributed by atoms with van der Waals surface area (Å²) in [6, 6.07) is 4.80. The van der Waals surface area contributed by atoms with Gasteiger partial charge >= 0.3 is 0 Å². The molecule has 0 aliphatic rings. The Hall–Kier alpha value is -1.74. The van der Waals surface area contributed by atoms with E-state index in [0.717, 1.165) is 24.9 Å². The first-order valence-corrected chi connectivity index (χ1v) is 7.66. The molecule has 112 valence electrons. The van der Waals surface area contributed by atoms with Gasteiger partial charge in [0.15, 0.2) is 0 Å². The molecular weight excluding hydrogens is 258 g/mol. The van der Waals surface area contributed by atoms with Crippen molar-refractivity contribution < 1.29 is 0 Å². The van der Waals surface area contributed by atoms with Crippen LogP contribution in [0.25, 0.3) is 0 Å². The standard InChI is InChI=1S/C18H25N3/c1-5-6-21-18(16-10-19-12-20-11-16)9-17-14(3)7-13(2)8-15(17)4/h7-8,10-12,18,21H,5-6,9H2,1-4H3. The minimum Gasteiger partial charge on any atom is -0.310 e. The summed E-state index contributed by atoms with van der Waals surface area (Å²) in [5.74, 6) is 0. The summed E-state index contributed by atoms with van der Waals surface area (Å²) in [6.07, 6.45) is 7.52. The molecule has 3 heteroatoms. The number of aromatic nitrogens is 2. The van der Waals surface area contributed by atoms with E-state index in [9.17, 15) is 0 Å². The van der Waals surface area contributed by atoms with E-state index in [2.05, 4.69) is 55.1 Å². The molecule has 0 radical (unpaired) electrons. The third-order valence-corrected chi connectivity index (χ3v) is 3.87. The molecule has 21 heavy (non-hydrogen) atoms. The van der Waals surface area contributed by atoms with Crippen molar-refractivity contribution in [2.45, 2.75) is 46.6 Å². The molecule has 1 unspecified atom stereocenters. The zero-order valence-electron chi connectivity index (χ0n) is 13.5. The predicted octanol–water partition coefficient (Wildman–Crippen LogP) is 3.69. The van der Waals surface area contributed by atoms with E-state index < -0.39 is 0 Å². The molecule has 0 aliphatic heterocycles. The highest BCUT2D eigenvalue weighted by atomic mass is 14.9. The first-order chi connectivity index (χ1) is 10.1. The van der Waals surface area contributed by atoms with Crippen LogP contribution in [0, 0.1) is 20.8 Å². The van der Waals surface area contributed by atoms with E-state index in [1.54, 1.807) is 6.33 Å². The Bertz CT molecular complexity index is 555. The predicted molar refractivity (Wildman–Crippen MR) is 87.4 cm³/mol. The van der Waals surface area contributed by atoms with Crippen LogP contribution in [0.1, 0.15) is 47.2 Å². The largest absolute Gasteiger partial charge is 0.310 e. The van der Waals surface area contributed by atoms with Crippen LogP contribution < -0.4 is 5.32 Å². The molecular formula is C18H25N3. The van der Waals surface area contributed by atoms with Gasteiger partial charge in [0, 0.05) is 24.0 Å². The van der Waals surface area contributed by atoms with Crippen molar-refractivity contribution in [2.24, 2.45) is 0 Å². The van der Waals surface area contributed by atoms with Crippen molar-refractivity contribution in [3.8, 4) is 0 Å². The lowest BCUT2D eigenvalue weighted by Crippen LogP contribution is -2.25. The number of hydrogen-bond donors (Lipinski definition) is 1. The van der Waals surface area contributed by atoms with Crippen LogP contribution in [0.15, 0.2) is 30.9 Å². The van der Waals surface area contributed by atoms with Gasteiger partial charge in [0.25, 0.3) is 0 Å². The second kappa shape index (κ2) is 7.32. The molecule has 1 aromatic carbocycles. The molecule has 2 aromatic rings. The molecule has 1 aromatic heterocycles. The number of nitrogens with zero attached hydrogens (tertiary/aromatic N) is 2. The molecule has 0 aliphatic carbocycles. The van der Waals surface area contributed by atoms with E-state index in [1.165, 1.54) is 22.3 Å². The summed E-state index contributed by atoms with van der Waals surface area (Å²) in [7, 11) is 0. The van der Waals surface area contributed by atoms with Gasteiger partial charge in [-0.2, -0.15) is 0 Å². The van der Waals surface area contributed by atoms with Crippen LogP contribution in [-0.2, 0) is 6.42 Å². The topological polar surface area (TPSA) is 37.8 Å². The number of benzene rings is 1. The normalized spacial score (nSPS) is 12.4. The summed E-state index contributed by atoms with van der Waals surface area (Å²) in [5, 5.41) is 3.62. The first-order valence-electron chi connectivity index (χ1n) is 7.66. The molecule has 0 saturated heterocycles. The fourth-order valence-corrected chi connectivity index (χ4v) is 2.85. The van der Waals surface area contributed by atoms with Crippen molar-refractivity contribution in [2.75, 3.05) is 6.54 Å². The highest BCUT2D eigenvalue weighted by Crippen LogP contribution is 2.23. The van der Waals surface area contributed by atoms with E-state index in [0.29, 0.717) is 0 Å². The van der Waals surface area contributed by atoms with Crippen molar-refractivity contribution in [3.05, 3.63) is 58.7 Å². The molecule has 0 saturated carbocycles. The monoisotopic (exact) mass is 283 g/mol. The van der Waals surface area contributed by atoms with Gasteiger partial charge in [-0.1, -0.05) is 24.6 Å². The van der Waals surface area contributed by atoms with Crippen LogP contribution >= 0.6 is 0 Å². The van der Waals surface area contributed by atoms with Crippen LogP contribution in [0.3, 0.4) is 0 Å². The first kappa shape index (κ1) is 15.6. The Kier molecular flexibility index (Phi) is 5.45. The average molecular weight is 283 g/mol. The number of rotatable bonds is 6. The van der Waals surface area contributed by atoms with Gasteiger partial charge in [-0.25, -0.2) is 9.97 Å². The Morgan fingerprint density at radius 1 is 1.05 bits per heavy atom. The molecule has 0 amide bonds. The van der Waals surface area contributed by atoms with Crippen LogP contribution in [0.4, 0.5) is 0 Å². The Morgan fingerprint density at radius 3 is 2.24 bits per heavy atom. The van der Waals surface area contributed by atoms with E-state index in [-0.39, 0.29) is 6.04 Å². The second-order valence-electron chi connectivity index (χ2n) is 5.76. The molecule has 0 fully saturated rings. The summed E-state index contributed by atoms with van der Waals surface area (Å²) in [4.78, 5) is 8.33. The van der Waals surface area contributed by atoms with E-state index in [4.69, 9.17) is 0 Å². The highest BCUT2D eigenvalue weighted by Gasteiger charge is 2.15. The molecule has 3 nitrogen and oxygen atoms in total. The van der Waals surface area contributed by atoms with Crippen molar-refractivity contribution in [1.82, 2.24) is 15.3 Å². The van der Waals surface area contributed by atoms with Crippen LogP contribution in [-0.4, -0.2) is 16.5 Å². The smallest absolute Gasteiger partial charge is 0.115 e. The molecule has 1 heterocycles. The zero-order valence-corrected chi connectivity index (χ0v) is 13.5. The molecule has 0 spiro atoms. The minimum absolute atomic E-state index is 0.270. The average Bonchev–Trinajstić information content (AvgIpc) is 2.46. The van der Waals surface area contributed by atoms with Gasteiger partial charge in [-0.3, -0.25) is 0 Å². The van der Waals surface area contributed by atoms with Gasteiger partial charge in [0.1, 0.15) is 6.33 Å². The minimum atomic E-state index is 0.270. The van der Waals surface area contributed by atoms with Gasteiger partial charge in [0.05, 0.1) is 0 Å². The maximum absolute atomic E-state index is 4.16. The Morgan fingerprint density at radius 2 is 1.67 bits per heavy atom. The third kappa shape index (κ3) is 4.11. The lowest BCUT2D eigenvalue weighted by atomic mass is 9.92. The maximum Gasteiger partial charge on any atom is 0.115 e. The summed E-state index contributed by atoms with van der Waals surface area (Å²) >= 11 is 0. The fourth-order valence-electron chi connectivity index (χ4n) is 2.85. The molecule has 1 N–H and O–H groups in total. The molecule has 2 rings (SSSR count). The van der Waals surface area contributed by atoms with Crippen molar-refractivity contribution in [3.63, 3.8) is 0 Å². The van der Waals surface area contributed by atoms with Gasteiger partial charge < -0.3 is 5.32 Å². The lowest BCUT2D eigenvalue weighted by Gasteiger charge is -2.21. The number of aryl methyl sites for hydroxylation is 3. The van der Waals surface area contributed by atoms with Crippen LogP contribution in [0.2, 0.25) is 0 Å². The zero-order chi connectivity index (χ0) is 15.2. The quantitative estimate of drug-likeness (QED) is 0.878. The van der Waals surface area contributed by atoms with E-state index >= 15 is 0 Å². The lowest BCUT2D eigenvalue weighted by molar-refractivity contribution is 0.524. The highest BCUT2D eigenvalue weighted by molar-refractivity contribution is 5.38. The van der Waals surface area contributed by atoms with Crippen molar-refractivity contribution >= 4 is 0 Å². The SMILES string of the molecule is CCCNC(Cc1c(C)cc(C)cc1C)c1cncnc1. The van der Waals surface area contributed by atoms with Gasteiger partial charge in [-0.15, -0.1) is 0 Å². The van der Waals surface area contributed by atoms with E-state index in [1.807, 2.05) is 12.4 Å². The maximum atomic E-state index is 4.16. The summed E-state index contributed by atoms with van der Waals surface area (Å²) in [5.41, 5.74) is 6.65. The fraction of sp³-hybridized carbons (Fsp3) is 0.444. The second-order valence-corrected chi connectivity index (χ2v) is 5.76. The Labute approximate surface area is 127 Å². The van der Waals surface area contributed by atoms with Gasteiger partial charge in [0.2, 0.25) is 0 Å². The van der Waals surface area contributed by atoms with Crippen LogP contribution in [0.5, 0.6) is 0 Å². The Balaban J connectivity index is 2.27. The van der Waals surface area contributed by atoms with Crippen molar-refractivity contribution in [1.29, 1.82) is 0 Å². The molecule has 1 atom stereocenters. The number of hydrogen-bond acceptors (Lipinski definition) is 3. The molecule has 0 bridgehead atoms. The third-order valence-electron chi connectivity index (χ3n) is 3.87.